The quantitative estimate of drug-likeness (QED) is 0.853. The van der Waals surface area contributed by atoms with E-state index >= 15 is 0 Å². The number of carbonyl (C=O) groups is 1. The molecule has 1 aliphatic rings. The molecule has 1 aromatic heterocycles. The molecule has 1 atom stereocenters. The third kappa shape index (κ3) is 3.28. The third-order valence-corrected chi connectivity index (χ3v) is 5.50. The standard InChI is InChI=1S/C16H19N3OS2/c1-21-14-7-3-2-6-13(14)15(20)18-11-12-5-4-9-19(12)16-17-8-10-22-16/h2-3,6-8,10,12H,4-5,9,11H2,1H3,(H,18,20). The fraction of sp³-hybridized carbons (Fsp3) is 0.375. The molecule has 1 saturated heterocycles. The Hall–Kier alpha value is -1.53. The summed E-state index contributed by atoms with van der Waals surface area (Å²) in [6.45, 7) is 1.69. The topological polar surface area (TPSA) is 45.2 Å². The zero-order valence-corrected chi connectivity index (χ0v) is 14.1. The molecule has 4 nitrogen and oxygen atoms in total. The maximum absolute atomic E-state index is 12.4. The van der Waals surface area contributed by atoms with Crippen LogP contribution in [0.2, 0.25) is 0 Å². The molecule has 2 aromatic rings. The Kier molecular flexibility index (Phi) is 5.00. The first-order valence-electron chi connectivity index (χ1n) is 7.37. The van der Waals surface area contributed by atoms with Gasteiger partial charge in [0.15, 0.2) is 5.13 Å². The molecule has 1 aromatic carbocycles. The maximum atomic E-state index is 12.4. The molecule has 1 amide bonds. The van der Waals surface area contributed by atoms with Gasteiger partial charge in [-0.25, -0.2) is 4.98 Å². The SMILES string of the molecule is CSc1ccccc1C(=O)NCC1CCCN1c1nccs1. The average molecular weight is 333 g/mol. The summed E-state index contributed by atoms with van der Waals surface area (Å²) in [4.78, 5) is 20.1. The fourth-order valence-electron chi connectivity index (χ4n) is 2.80. The summed E-state index contributed by atoms with van der Waals surface area (Å²) < 4.78 is 0. The van der Waals surface area contributed by atoms with Crippen LogP contribution in [0.25, 0.3) is 0 Å². The second-order valence-corrected chi connectivity index (χ2v) is 6.94. The van der Waals surface area contributed by atoms with Gasteiger partial charge >= 0.3 is 0 Å². The number of rotatable bonds is 5. The summed E-state index contributed by atoms with van der Waals surface area (Å²) in [5.74, 6) is 0.0101. The maximum Gasteiger partial charge on any atom is 0.252 e. The predicted octanol–water partition coefficient (Wildman–Crippen LogP) is 3.26. The van der Waals surface area contributed by atoms with Crippen LogP contribution in [0, 0.1) is 0 Å². The predicted molar refractivity (Wildman–Crippen MR) is 93.0 cm³/mol. The van der Waals surface area contributed by atoms with Gasteiger partial charge in [-0.1, -0.05) is 12.1 Å². The average Bonchev–Trinajstić information content (AvgIpc) is 3.23. The van der Waals surface area contributed by atoms with Crippen LogP contribution in [0.5, 0.6) is 0 Å². The van der Waals surface area contributed by atoms with Crippen molar-refractivity contribution in [3.8, 4) is 0 Å². The van der Waals surface area contributed by atoms with Crippen LogP contribution in [0.3, 0.4) is 0 Å². The molecule has 0 saturated carbocycles. The highest BCUT2D eigenvalue weighted by Gasteiger charge is 2.26. The lowest BCUT2D eigenvalue weighted by atomic mass is 10.2. The van der Waals surface area contributed by atoms with Gasteiger partial charge in [0.05, 0.1) is 5.56 Å². The van der Waals surface area contributed by atoms with E-state index in [0.717, 1.165) is 35.0 Å². The monoisotopic (exact) mass is 333 g/mol. The summed E-state index contributed by atoms with van der Waals surface area (Å²) >= 11 is 3.26. The summed E-state index contributed by atoms with van der Waals surface area (Å²) in [5, 5.41) is 6.15. The molecular weight excluding hydrogens is 314 g/mol. The minimum absolute atomic E-state index is 0.0101. The van der Waals surface area contributed by atoms with E-state index in [-0.39, 0.29) is 5.91 Å². The number of thiazole rings is 1. The number of benzene rings is 1. The number of aromatic nitrogens is 1. The molecule has 2 heterocycles. The van der Waals surface area contributed by atoms with E-state index in [1.165, 1.54) is 0 Å². The van der Waals surface area contributed by atoms with Crippen molar-refractivity contribution in [1.82, 2.24) is 10.3 Å². The molecule has 1 unspecified atom stereocenters. The summed E-state index contributed by atoms with van der Waals surface area (Å²) in [6.07, 6.45) is 6.08. The Bertz CT molecular complexity index is 630. The summed E-state index contributed by atoms with van der Waals surface area (Å²) in [7, 11) is 0. The highest BCUT2D eigenvalue weighted by atomic mass is 32.2. The first-order valence-corrected chi connectivity index (χ1v) is 9.47. The van der Waals surface area contributed by atoms with Crippen molar-refractivity contribution in [2.45, 2.75) is 23.8 Å². The molecule has 116 valence electrons. The number of hydrogen-bond acceptors (Lipinski definition) is 5. The largest absolute Gasteiger partial charge is 0.350 e. The Morgan fingerprint density at radius 1 is 1.50 bits per heavy atom. The highest BCUT2D eigenvalue weighted by Crippen LogP contribution is 2.27. The van der Waals surface area contributed by atoms with Crippen molar-refractivity contribution in [1.29, 1.82) is 0 Å². The molecule has 22 heavy (non-hydrogen) atoms. The van der Waals surface area contributed by atoms with Gasteiger partial charge in [-0.05, 0) is 31.2 Å². The zero-order chi connectivity index (χ0) is 15.4. The number of amides is 1. The third-order valence-electron chi connectivity index (χ3n) is 3.89. The van der Waals surface area contributed by atoms with Crippen LogP contribution in [-0.2, 0) is 0 Å². The first kappa shape index (κ1) is 15.4. The lowest BCUT2D eigenvalue weighted by Gasteiger charge is -2.24. The Morgan fingerprint density at radius 2 is 2.36 bits per heavy atom. The molecule has 1 aliphatic heterocycles. The molecule has 0 spiro atoms. The minimum atomic E-state index is 0.0101. The van der Waals surface area contributed by atoms with E-state index in [9.17, 15) is 4.79 Å². The molecule has 0 aliphatic carbocycles. The van der Waals surface area contributed by atoms with Crippen molar-refractivity contribution in [2.24, 2.45) is 0 Å². The van der Waals surface area contributed by atoms with E-state index in [0.29, 0.717) is 12.6 Å². The summed E-state index contributed by atoms with van der Waals surface area (Å²) in [5.41, 5.74) is 0.758. The number of nitrogens with zero attached hydrogens (tertiary/aromatic N) is 2. The van der Waals surface area contributed by atoms with E-state index in [2.05, 4.69) is 15.2 Å². The van der Waals surface area contributed by atoms with Crippen molar-refractivity contribution in [3.05, 3.63) is 41.4 Å². The van der Waals surface area contributed by atoms with Crippen LogP contribution < -0.4 is 10.2 Å². The lowest BCUT2D eigenvalue weighted by molar-refractivity contribution is 0.0948. The molecular formula is C16H19N3OS2. The zero-order valence-electron chi connectivity index (χ0n) is 12.5. The van der Waals surface area contributed by atoms with Crippen LogP contribution in [-0.4, -0.2) is 36.3 Å². The number of nitrogens with one attached hydrogen (secondary N) is 1. The minimum Gasteiger partial charge on any atom is -0.350 e. The van der Waals surface area contributed by atoms with E-state index in [4.69, 9.17) is 0 Å². The second-order valence-electron chi connectivity index (χ2n) is 5.21. The van der Waals surface area contributed by atoms with E-state index in [1.54, 1.807) is 23.1 Å². The van der Waals surface area contributed by atoms with Gasteiger partial charge in [0.25, 0.3) is 5.91 Å². The van der Waals surface area contributed by atoms with Crippen molar-refractivity contribution in [3.63, 3.8) is 0 Å². The van der Waals surface area contributed by atoms with E-state index < -0.39 is 0 Å². The van der Waals surface area contributed by atoms with Gasteiger partial charge in [-0.2, -0.15) is 0 Å². The van der Waals surface area contributed by atoms with Gasteiger partial charge in [-0.15, -0.1) is 23.1 Å². The number of thioether (sulfide) groups is 1. The Labute approximate surface area is 138 Å². The molecule has 0 bridgehead atoms. The molecule has 0 radical (unpaired) electrons. The van der Waals surface area contributed by atoms with E-state index in [1.807, 2.05) is 42.1 Å². The van der Waals surface area contributed by atoms with Gasteiger partial charge < -0.3 is 10.2 Å². The smallest absolute Gasteiger partial charge is 0.252 e. The van der Waals surface area contributed by atoms with Gasteiger partial charge in [0.2, 0.25) is 0 Å². The van der Waals surface area contributed by atoms with Gasteiger partial charge in [-0.3, -0.25) is 4.79 Å². The lowest BCUT2D eigenvalue weighted by Crippen LogP contribution is -2.40. The normalized spacial score (nSPS) is 17.7. The van der Waals surface area contributed by atoms with Crippen molar-refractivity contribution < 1.29 is 4.79 Å². The van der Waals surface area contributed by atoms with Crippen LogP contribution in [0.1, 0.15) is 23.2 Å². The molecule has 1 fully saturated rings. The highest BCUT2D eigenvalue weighted by molar-refractivity contribution is 7.98. The Morgan fingerprint density at radius 3 is 3.14 bits per heavy atom. The van der Waals surface area contributed by atoms with Crippen LogP contribution in [0.15, 0.2) is 40.7 Å². The fourth-order valence-corrected chi connectivity index (χ4v) is 4.13. The van der Waals surface area contributed by atoms with Crippen molar-refractivity contribution >= 4 is 34.1 Å². The first-order chi connectivity index (χ1) is 10.8. The van der Waals surface area contributed by atoms with Gasteiger partial charge in [0.1, 0.15) is 0 Å². The van der Waals surface area contributed by atoms with Crippen LogP contribution >= 0.6 is 23.1 Å². The number of anilines is 1. The number of carbonyl (C=O) groups excluding carboxylic acids is 1. The summed E-state index contributed by atoms with van der Waals surface area (Å²) in [6, 6.07) is 8.08. The molecule has 3 rings (SSSR count). The number of hydrogen-bond donors (Lipinski definition) is 1. The van der Waals surface area contributed by atoms with Gasteiger partial charge in [0, 0.05) is 35.6 Å². The molecule has 6 heteroatoms. The Balaban J connectivity index is 1.63. The second kappa shape index (κ2) is 7.15. The van der Waals surface area contributed by atoms with Crippen molar-refractivity contribution in [2.75, 3.05) is 24.2 Å². The molecule has 1 N–H and O–H groups in total. The van der Waals surface area contributed by atoms with Crippen LogP contribution in [0.4, 0.5) is 5.13 Å².